The maximum absolute atomic E-state index is 13.3. The number of fused-ring (bicyclic) bond motifs is 1. The average molecular weight is 816 g/mol. The van der Waals surface area contributed by atoms with Gasteiger partial charge in [0.15, 0.2) is 11.5 Å². The first-order valence-electron chi connectivity index (χ1n) is 20.6. The molecule has 312 valence electrons. The van der Waals surface area contributed by atoms with Crippen LogP contribution in [0.3, 0.4) is 0 Å². The second-order valence-electron chi connectivity index (χ2n) is 14.2. The Balaban J connectivity index is 1.06. The van der Waals surface area contributed by atoms with Crippen LogP contribution in [0, 0.1) is 11.8 Å². The Morgan fingerprint density at radius 3 is 2.34 bits per heavy atom. The Labute approximate surface area is 345 Å². The summed E-state index contributed by atoms with van der Waals surface area (Å²) >= 11 is 1.61. The van der Waals surface area contributed by atoms with Gasteiger partial charge in [-0.1, -0.05) is 56.2 Å². The Hall–Kier alpha value is -4.98. The van der Waals surface area contributed by atoms with Gasteiger partial charge in [0.2, 0.25) is 5.13 Å². The molecular formula is C45H57N3O9S. The molecule has 12 nitrogen and oxygen atoms in total. The Kier molecular flexibility index (Phi) is 18.8. The summed E-state index contributed by atoms with van der Waals surface area (Å²) in [5.41, 5.74) is 1.56. The highest BCUT2D eigenvalue weighted by Crippen LogP contribution is 2.33. The van der Waals surface area contributed by atoms with E-state index in [4.69, 9.17) is 43.8 Å². The molecule has 1 aliphatic carbocycles. The lowest BCUT2D eigenvalue weighted by Crippen LogP contribution is -2.27. The second kappa shape index (κ2) is 24.7. The van der Waals surface area contributed by atoms with E-state index in [-0.39, 0.29) is 23.8 Å². The van der Waals surface area contributed by atoms with Gasteiger partial charge in [0.05, 0.1) is 48.8 Å². The van der Waals surface area contributed by atoms with Crippen molar-refractivity contribution < 1.29 is 43.3 Å². The van der Waals surface area contributed by atoms with Crippen LogP contribution >= 0.6 is 11.3 Å². The molecule has 1 aromatic heterocycles. The molecule has 1 heterocycles. The third-order valence-corrected chi connectivity index (χ3v) is 10.8. The van der Waals surface area contributed by atoms with Crippen molar-refractivity contribution in [2.75, 3.05) is 38.0 Å². The first kappa shape index (κ1) is 44.1. The van der Waals surface area contributed by atoms with Crippen LogP contribution < -0.4 is 24.3 Å². The number of benzene rings is 3. The fraction of sp³-hybridized carbons (Fsp3) is 0.467. The Bertz CT molecular complexity index is 1840. The quantitative estimate of drug-likeness (QED) is 0.0114. The number of unbranched alkanes of at least 4 members (excludes halogenated alkanes) is 6. The van der Waals surface area contributed by atoms with E-state index in [9.17, 15) is 9.59 Å². The van der Waals surface area contributed by atoms with Crippen molar-refractivity contribution in [1.82, 2.24) is 4.98 Å². The van der Waals surface area contributed by atoms with Gasteiger partial charge in [0.25, 0.3) is 0 Å². The number of hydrazone groups is 1. The van der Waals surface area contributed by atoms with E-state index in [0.29, 0.717) is 62.1 Å². The highest BCUT2D eigenvalue weighted by Gasteiger charge is 2.28. The van der Waals surface area contributed by atoms with Crippen LogP contribution in [0.2, 0.25) is 0 Å². The second-order valence-corrected chi connectivity index (χ2v) is 15.2. The van der Waals surface area contributed by atoms with Crippen molar-refractivity contribution in [2.24, 2.45) is 16.9 Å². The molecule has 5 rings (SSSR count). The van der Waals surface area contributed by atoms with Gasteiger partial charge in [-0.3, -0.25) is 4.79 Å². The van der Waals surface area contributed by atoms with E-state index in [1.165, 1.54) is 6.08 Å². The first-order valence-corrected chi connectivity index (χ1v) is 21.4. The molecule has 1 aliphatic rings. The van der Waals surface area contributed by atoms with E-state index in [2.05, 4.69) is 19.6 Å². The van der Waals surface area contributed by atoms with Crippen molar-refractivity contribution in [3.8, 4) is 23.0 Å². The summed E-state index contributed by atoms with van der Waals surface area (Å²) in [7, 11) is 0. The number of anilines is 1. The normalized spacial score (nSPS) is 15.3. The molecule has 1 fully saturated rings. The molecule has 1 saturated carbocycles. The fourth-order valence-corrected chi connectivity index (χ4v) is 7.37. The number of aromatic nitrogens is 1. The number of carbonyl (C=O) groups excluding carboxylic acids is 2. The summed E-state index contributed by atoms with van der Waals surface area (Å²) in [5, 5.41) is 7.61. The molecule has 0 bridgehead atoms. The number of carbonyl (C=O) groups is 2. The average Bonchev–Trinajstić information content (AvgIpc) is 3.69. The van der Waals surface area contributed by atoms with Gasteiger partial charge < -0.3 is 24.0 Å². The molecular weight excluding hydrogens is 759 g/mol. The number of nitrogens with zero attached hydrogens (tertiary/aromatic N) is 3. The molecule has 0 aliphatic heterocycles. The molecule has 0 saturated heterocycles. The fourth-order valence-electron chi connectivity index (χ4n) is 6.42. The maximum Gasteiger partial charge on any atom is 0.330 e. The minimum absolute atomic E-state index is 0.208. The van der Waals surface area contributed by atoms with E-state index in [1.54, 1.807) is 35.8 Å². The van der Waals surface area contributed by atoms with Gasteiger partial charge in [0.1, 0.15) is 11.5 Å². The monoisotopic (exact) mass is 815 g/mol. The number of hydrogen-bond donors (Lipinski definition) is 0. The van der Waals surface area contributed by atoms with Crippen molar-refractivity contribution in [2.45, 2.75) is 90.9 Å². The van der Waals surface area contributed by atoms with Crippen molar-refractivity contribution in [3.63, 3.8) is 0 Å². The molecule has 58 heavy (non-hydrogen) atoms. The van der Waals surface area contributed by atoms with Crippen LogP contribution in [0.4, 0.5) is 5.13 Å². The zero-order valence-corrected chi connectivity index (χ0v) is 34.6. The SMILES string of the molecule is C=CC(=O)OCCCCCCOc1ccc(OOCC2CCC(C(=O)Oc3ccc(OOCC)c(/C=N/N(CCCCCC)c4nc5ccccc5s4)c3)CC2)cc1. The van der Waals surface area contributed by atoms with Crippen LogP contribution in [0.15, 0.2) is 84.5 Å². The zero-order chi connectivity index (χ0) is 40.8. The summed E-state index contributed by atoms with van der Waals surface area (Å²) in [5.74, 6) is 1.68. The topological polar surface area (TPSA) is 127 Å². The van der Waals surface area contributed by atoms with Crippen LogP contribution in [0.5, 0.6) is 23.0 Å². The summed E-state index contributed by atoms with van der Waals surface area (Å²) in [6.45, 7) is 9.98. The number of esters is 2. The lowest BCUT2D eigenvalue weighted by molar-refractivity contribution is -0.218. The number of thiazole rings is 1. The lowest BCUT2D eigenvalue weighted by Gasteiger charge is -2.26. The van der Waals surface area contributed by atoms with Crippen LogP contribution in [-0.4, -0.2) is 56.1 Å². The summed E-state index contributed by atoms with van der Waals surface area (Å²) in [6, 6.07) is 20.6. The van der Waals surface area contributed by atoms with Crippen molar-refractivity contribution in [1.29, 1.82) is 0 Å². The first-order chi connectivity index (χ1) is 28.4. The van der Waals surface area contributed by atoms with E-state index >= 15 is 0 Å². The smallest absolute Gasteiger partial charge is 0.330 e. The van der Waals surface area contributed by atoms with Crippen molar-refractivity contribution in [3.05, 3.63) is 84.9 Å². The van der Waals surface area contributed by atoms with Gasteiger partial charge >= 0.3 is 11.9 Å². The largest absolute Gasteiger partial charge is 0.494 e. The molecule has 4 aromatic rings. The molecule has 0 spiro atoms. The maximum atomic E-state index is 13.3. The molecule has 0 atom stereocenters. The van der Waals surface area contributed by atoms with Crippen molar-refractivity contribution >= 4 is 44.8 Å². The molecule has 0 radical (unpaired) electrons. The molecule has 3 aromatic carbocycles. The standard InChI is InChI=1S/C45H57N3O9S/c1-4-7-8-13-28-48(45-47-40-16-11-12-17-42(40)58-45)46-32-36-31-39(26-27-41(36)57-53-6-3)55-44(50)35-20-18-34(19-21-35)33-54-56-38-24-22-37(23-25-38)51-29-14-9-10-15-30-52-43(49)5-2/h5,11-12,16-17,22-27,31-32,34-35H,2,4,6-10,13-15,18-21,28-30,33H2,1,3H3/b46-32+. The van der Waals surface area contributed by atoms with Crippen LogP contribution in [0.1, 0.15) is 96.5 Å². The molecule has 13 heteroatoms. The highest BCUT2D eigenvalue weighted by molar-refractivity contribution is 7.22. The third kappa shape index (κ3) is 14.8. The number of ether oxygens (including phenoxy) is 3. The predicted molar refractivity (Wildman–Crippen MR) is 227 cm³/mol. The van der Waals surface area contributed by atoms with E-state index < -0.39 is 0 Å². The number of rotatable bonds is 26. The summed E-state index contributed by atoms with van der Waals surface area (Å²) in [6.07, 6.45) is 14.1. The van der Waals surface area contributed by atoms with Gasteiger partial charge in [-0.25, -0.2) is 14.8 Å². The summed E-state index contributed by atoms with van der Waals surface area (Å²) < 4.78 is 17.8. The predicted octanol–water partition coefficient (Wildman–Crippen LogP) is 10.4. The Morgan fingerprint density at radius 1 is 0.845 bits per heavy atom. The van der Waals surface area contributed by atoms with Gasteiger partial charge in [-0.2, -0.15) is 14.9 Å². The Morgan fingerprint density at radius 2 is 1.59 bits per heavy atom. The third-order valence-electron chi connectivity index (χ3n) is 9.71. The van der Waals surface area contributed by atoms with Gasteiger partial charge in [0, 0.05) is 18.2 Å². The van der Waals surface area contributed by atoms with Gasteiger partial charge in [-0.05, 0) is 125 Å². The lowest BCUT2D eigenvalue weighted by atomic mass is 9.82. The highest BCUT2D eigenvalue weighted by atomic mass is 32.1. The van der Waals surface area contributed by atoms with Crippen LogP contribution in [0.25, 0.3) is 10.2 Å². The van der Waals surface area contributed by atoms with E-state index in [1.807, 2.05) is 54.4 Å². The van der Waals surface area contributed by atoms with Gasteiger partial charge in [-0.15, -0.1) is 0 Å². The minimum atomic E-state index is -0.383. The number of hydrogen-bond acceptors (Lipinski definition) is 13. The van der Waals surface area contributed by atoms with E-state index in [0.717, 1.165) is 91.9 Å². The molecule has 0 N–H and O–H groups in total. The summed E-state index contributed by atoms with van der Waals surface area (Å²) in [4.78, 5) is 51.2. The molecule has 0 unspecified atom stereocenters. The zero-order valence-electron chi connectivity index (χ0n) is 33.8. The molecule has 0 amide bonds. The van der Waals surface area contributed by atoms with Crippen LogP contribution in [-0.2, 0) is 24.1 Å². The number of para-hydroxylation sites is 1. The minimum Gasteiger partial charge on any atom is -0.494 e.